The molecule has 2 heteroatoms. The van der Waals surface area contributed by atoms with Crippen LogP contribution in [0.25, 0.3) is 0 Å². The van der Waals surface area contributed by atoms with E-state index in [-0.39, 0.29) is 0 Å². The van der Waals surface area contributed by atoms with E-state index in [0.717, 1.165) is 16.8 Å². The number of ether oxygens (including phenoxy) is 1. The first-order chi connectivity index (χ1) is 7.13. The van der Waals surface area contributed by atoms with E-state index in [0.29, 0.717) is 5.92 Å². The molecule has 0 N–H and O–H groups in total. The van der Waals surface area contributed by atoms with Gasteiger partial charge in [-0.1, -0.05) is 36.2 Å². The summed E-state index contributed by atoms with van der Waals surface area (Å²) in [4.78, 5) is 0. The van der Waals surface area contributed by atoms with Crippen LogP contribution >= 0.6 is 15.9 Å². The Hall–Kier alpha value is -0.500. The van der Waals surface area contributed by atoms with Crippen LogP contribution in [0.2, 0.25) is 0 Å². The molecular weight excluding hydrogens is 252 g/mol. The quantitative estimate of drug-likeness (QED) is 0.762. The van der Waals surface area contributed by atoms with Crippen LogP contribution in [0.1, 0.15) is 32.3 Å². The van der Waals surface area contributed by atoms with E-state index in [2.05, 4.69) is 42.8 Å². The first-order valence-electron chi connectivity index (χ1n) is 5.52. The highest BCUT2D eigenvalue weighted by Gasteiger charge is 2.03. The van der Waals surface area contributed by atoms with Gasteiger partial charge in [0.15, 0.2) is 0 Å². The van der Waals surface area contributed by atoms with E-state index in [1.54, 1.807) is 0 Å². The summed E-state index contributed by atoms with van der Waals surface area (Å²) in [6.07, 6.45) is 2.46. The molecule has 0 heterocycles. The fraction of sp³-hybridized carbons (Fsp3) is 0.538. The summed E-state index contributed by atoms with van der Waals surface area (Å²) in [6, 6.07) is 6.12. The van der Waals surface area contributed by atoms with Crippen molar-refractivity contribution in [3.8, 4) is 5.75 Å². The summed E-state index contributed by atoms with van der Waals surface area (Å²) >= 11 is 3.48. The van der Waals surface area contributed by atoms with Gasteiger partial charge < -0.3 is 4.74 Å². The van der Waals surface area contributed by atoms with Gasteiger partial charge in [0.2, 0.25) is 0 Å². The summed E-state index contributed by atoms with van der Waals surface area (Å²) in [5, 5.41) is 0. The maximum atomic E-state index is 5.74. The van der Waals surface area contributed by atoms with Crippen molar-refractivity contribution in [1.29, 1.82) is 0 Å². The summed E-state index contributed by atoms with van der Waals surface area (Å²) in [5.74, 6) is 1.61. The third-order valence-electron chi connectivity index (χ3n) is 2.45. The number of halogens is 1. The minimum atomic E-state index is 0.638. The van der Waals surface area contributed by atoms with Crippen LogP contribution in [0, 0.1) is 12.8 Å². The zero-order valence-electron chi connectivity index (χ0n) is 9.72. The molecule has 0 saturated heterocycles. The summed E-state index contributed by atoms with van der Waals surface area (Å²) in [5.41, 5.74) is 1.22. The molecule has 0 aliphatic heterocycles. The van der Waals surface area contributed by atoms with Gasteiger partial charge >= 0.3 is 0 Å². The molecule has 0 aliphatic rings. The van der Waals surface area contributed by atoms with Crippen molar-refractivity contribution < 1.29 is 4.74 Å². The highest BCUT2D eigenvalue weighted by Crippen LogP contribution is 2.22. The predicted octanol–water partition coefficient (Wildman–Crippen LogP) is 4.57. The molecule has 0 aliphatic carbocycles. The van der Waals surface area contributed by atoms with Crippen LogP contribution in [0.15, 0.2) is 22.7 Å². The molecule has 1 nitrogen and oxygen atoms in total. The largest absolute Gasteiger partial charge is 0.493 e. The van der Waals surface area contributed by atoms with Gasteiger partial charge in [0.1, 0.15) is 5.75 Å². The van der Waals surface area contributed by atoms with Gasteiger partial charge in [-0.2, -0.15) is 0 Å². The molecule has 1 atom stereocenters. The van der Waals surface area contributed by atoms with Crippen LogP contribution in [-0.4, -0.2) is 6.61 Å². The van der Waals surface area contributed by atoms with Crippen LogP contribution in [0.5, 0.6) is 5.75 Å². The highest BCUT2D eigenvalue weighted by atomic mass is 79.9. The number of benzene rings is 1. The van der Waals surface area contributed by atoms with Crippen molar-refractivity contribution in [3.05, 3.63) is 28.2 Å². The van der Waals surface area contributed by atoms with Gasteiger partial charge in [0.05, 0.1) is 6.61 Å². The second-order valence-electron chi connectivity index (χ2n) is 4.12. The Bertz CT molecular complexity index is 309. The average molecular weight is 271 g/mol. The average Bonchev–Trinajstić information content (AvgIpc) is 2.20. The second-order valence-corrected chi connectivity index (χ2v) is 4.97. The van der Waals surface area contributed by atoms with Crippen LogP contribution in [0.3, 0.4) is 0 Å². The minimum absolute atomic E-state index is 0.638. The number of hydrogen-bond acceptors (Lipinski definition) is 1. The molecule has 0 amide bonds. The smallest absolute Gasteiger partial charge is 0.119 e. The third kappa shape index (κ3) is 4.25. The molecule has 1 aromatic carbocycles. The fourth-order valence-electron chi connectivity index (χ4n) is 1.52. The summed E-state index contributed by atoms with van der Waals surface area (Å²) in [6.45, 7) is 7.33. The molecule has 0 saturated carbocycles. The van der Waals surface area contributed by atoms with E-state index in [9.17, 15) is 0 Å². The van der Waals surface area contributed by atoms with E-state index in [1.807, 2.05) is 12.1 Å². The van der Waals surface area contributed by atoms with E-state index < -0.39 is 0 Å². The second kappa shape index (κ2) is 6.16. The van der Waals surface area contributed by atoms with E-state index in [4.69, 9.17) is 4.74 Å². The lowest BCUT2D eigenvalue weighted by atomic mass is 10.1. The summed E-state index contributed by atoms with van der Waals surface area (Å²) < 4.78 is 6.87. The zero-order chi connectivity index (χ0) is 11.3. The first kappa shape index (κ1) is 12.6. The molecule has 0 bridgehead atoms. The zero-order valence-corrected chi connectivity index (χ0v) is 11.3. The topological polar surface area (TPSA) is 9.23 Å². The molecule has 0 aromatic heterocycles. The fourth-order valence-corrected chi connectivity index (χ4v) is 1.77. The van der Waals surface area contributed by atoms with Crippen molar-refractivity contribution in [2.75, 3.05) is 6.61 Å². The molecule has 0 fully saturated rings. The van der Waals surface area contributed by atoms with Crippen molar-refractivity contribution in [1.82, 2.24) is 0 Å². The van der Waals surface area contributed by atoms with Crippen molar-refractivity contribution in [3.63, 3.8) is 0 Å². The van der Waals surface area contributed by atoms with Gasteiger partial charge in [0, 0.05) is 4.47 Å². The Morgan fingerprint density at radius 2 is 2.13 bits per heavy atom. The van der Waals surface area contributed by atoms with Crippen LogP contribution in [0.4, 0.5) is 0 Å². The Kier molecular flexibility index (Phi) is 5.16. The Morgan fingerprint density at radius 3 is 2.73 bits per heavy atom. The Labute approximate surface area is 101 Å². The number of hydrogen-bond donors (Lipinski definition) is 0. The standard InChI is InChI=1S/C13H19BrO/c1-4-5-10(2)9-15-12-6-7-13(14)11(3)8-12/h6-8,10H,4-5,9H2,1-3H3. The first-order valence-corrected chi connectivity index (χ1v) is 6.31. The molecule has 0 spiro atoms. The maximum absolute atomic E-state index is 5.74. The van der Waals surface area contributed by atoms with E-state index in [1.165, 1.54) is 18.4 Å². The van der Waals surface area contributed by atoms with Gasteiger partial charge in [-0.15, -0.1) is 0 Å². The molecule has 1 rings (SSSR count). The van der Waals surface area contributed by atoms with Gasteiger partial charge in [-0.25, -0.2) is 0 Å². The van der Waals surface area contributed by atoms with Crippen molar-refractivity contribution in [2.45, 2.75) is 33.6 Å². The Morgan fingerprint density at radius 1 is 1.40 bits per heavy atom. The predicted molar refractivity (Wildman–Crippen MR) is 68.4 cm³/mol. The SMILES string of the molecule is CCCC(C)COc1ccc(Br)c(C)c1. The van der Waals surface area contributed by atoms with Crippen LogP contribution < -0.4 is 4.74 Å². The normalized spacial score (nSPS) is 12.5. The van der Waals surface area contributed by atoms with Crippen LogP contribution in [-0.2, 0) is 0 Å². The lowest BCUT2D eigenvalue weighted by Crippen LogP contribution is -2.08. The molecule has 15 heavy (non-hydrogen) atoms. The third-order valence-corrected chi connectivity index (χ3v) is 3.34. The molecule has 84 valence electrons. The van der Waals surface area contributed by atoms with Crippen molar-refractivity contribution >= 4 is 15.9 Å². The van der Waals surface area contributed by atoms with Crippen molar-refractivity contribution in [2.24, 2.45) is 5.92 Å². The molecule has 0 radical (unpaired) electrons. The monoisotopic (exact) mass is 270 g/mol. The van der Waals surface area contributed by atoms with Gasteiger partial charge in [0.25, 0.3) is 0 Å². The summed E-state index contributed by atoms with van der Waals surface area (Å²) in [7, 11) is 0. The molecular formula is C13H19BrO. The molecule has 1 unspecified atom stereocenters. The minimum Gasteiger partial charge on any atom is -0.493 e. The lowest BCUT2D eigenvalue weighted by Gasteiger charge is -2.12. The van der Waals surface area contributed by atoms with E-state index >= 15 is 0 Å². The number of aryl methyl sites for hydroxylation is 1. The maximum Gasteiger partial charge on any atom is 0.119 e. The highest BCUT2D eigenvalue weighted by molar-refractivity contribution is 9.10. The van der Waals surface area contributed by atoms with Gasteiger partial charge in [-0.3, -0.25) is 0 Å². The van der Waals surface area contributed by atoms with Gasteiger partial charge in [-0.05, 0) is 43.0 Å². The Balaban J connectivity index is 2.47. The number of rotatable bonds is 5. The molecule has 1 aromatic rings. The lowest BCUT2D eigenvalue weighted by molar-refractivity contribution is 0.251.